The van der Waals surface area contributed by atoms with E-state index in [0.717, 1.165) is 28.0 Å². The Morgan fingerprint density at radius 1 is 1.05 bits per heavy atom. The number of methoxy groups -OCH3 is 1. The minimum absolute atomic E-state index is 0.254. The van der Waals surface area contributed by atoms with Gasteiger partial charge in [-0.1, -0.05) is 82.3 Å². The van der Waals surface area contributed by atoms with Crippen LogP contribution in [0.25, 0.3) is 11.1 Å². The zero-order chi connectivity index (χ0) is 27.2. The molecule has 2 unspecified atom stereocenters. The Hall–Kier alpha value is -2.85. The Morgan fingerprint density at radius 3 is 2.24 bits per heavy atom. The van der Waals surface area contributed by atoms with Crippen LogP contribution in [0.3, 0.4) is 0 Å². The molecule has 0 bridgehead atoms. The van der Waals surface area contributed by atoms with Gasteiger partial charge in [-0.05, 0) is 35.4 Å². The fourth-order valence-corrected chi connectivity index (χ4v) is 6.05. The zero-order valence-corrected chi connectivity index (χ0v) is 23.3. The number of rotatable bonds is 12. The standard InChI is InChI=1S/C28H34N2O5S2/c1-18(2)15-23-16-24(26(36-23)30-37(33)34)21-13-11-20(12-14-21)17-29-28(19(3)4,27(32)35-5)25(31)22-9-7-6-8-10-22/h6-14,16,18-19,29-30H,15,17H2,1-5H3,(H,33,34)/p-1. The molecule has 0 saturated heterocycles. The summed E-state index contributed by atoms with van der Waals surface area (Å²) in [5, 5.41) is 3.78. The zero-order valence-electron chi connectivity index (χ0n) is 21.7. The van der Waals surface area contributed by atoms with E-state index in [1.165, 1.54) is 18.4 Å². The van der Waals surface area contributed by atoms with E-state index in [2.05, 4.69) is 23.9 Å². The second kappa shape index (κ2) is 12.6. The fraction of sp³-hybridized carbons (Fsp3) is 0.357. The number of hydrogen-bond acceptors (Lipinski definition) is 7. The Balaban J connectivity index is 1.88. The molecule has 1 aromatic heterocycles. The van der Waals surface area contributed by atoms with Crippen molar-refractivity contribution in [3.8, 4) is 11.1 Å². The summed E-state index contributed by atoms with van der Waals surface area (Å²) in [6, 6.07) is 18.3. The number of hydrogen-bond donors (Lipinski definition) is 2. The lowest BCUT2D eigenvalue weighted by Crippen LogP contribution is -2.62. The molecule has 198 valence electrons. The summed E-state index contributed by atoms with van der Waals surface area (Å²) in [6.07, 6.45) is 0.854. The third-order valence-electron chi connectivity index (χ3n) is 6.17. The molecule has 9 heteroatoms. The van der Waals surface area contributed by atoms with Gasteiger partial charge in [0.1, 0.15) is 5.00 Å². The molecule has 0 aliphatic rings. The molecular formula is C28H33N2O5S2-. The molecule has 2 atom stereocenters. The quantitative estimate of drug-likeness (QED) is 0.138. The fourth-order valence-electron chi connectivity index (χ4n) is 4.28. The average Bonchev–Trinajstić information content (AvgIpc) is 3.25. The number of carbonyl (C=O) groups is 2. The van der Waals surface area contributed by atoms with Crippen molar-refractivity contribution in [1.29, 1.82) is 0 Å². The SMILES string of the molecule is COC(=O)C(NCc1ccc(-c2cc(CC(C)C)sc2NS(=O)[O-])cc1)(C(=O)c1ccccc1)C(C)C. The maximum absolute atomic E-state index is 13.6. The molecule has 0 aliphatic heterocycles. The molecule has 0 spiro atoms. The predicted molar refractivity (Wildman–Crippen MR) is 148 cm³/mol. The number of Topliss-reactive ketones (excluding diaryl/α,β-unsaturated/α-hetero) is 1. The number of ketones is 1. The first-order valence-corrected chi connectivity index (χ1v) is 14.0. The maximum atomic E-state index is 13.6. The number of benzene rings is 2. The first-order valence-electron chi connectivity index (χ1n) is 12.1. The summed E-state index contributed by atoms with van der Waals surface area (Å²) >= 11 is -0.990. The highest BCUT2D eigenvalue weighted by molar-refractivity contribution is 7.80. The third-order valence-corrected chi connectivity index (χ3v) is 7.75. The number of anilines is 1. The van der Waals surface area contributed by atoms with Crippen LogP contribution in [0.15, 0.2) is 60.7 Å². The van der Waals surface area contributed by atoms with E-state index >= 15 is 0 Å². The van der Waals surface area contributed by atoms with Crippen LogP contribution in [0.5, 0.6) is 0 Å². The molecule has 2 N–H and O–H groups in total. The monoisotopic (exact) mass is 541 g/mol. The molecule has 0 amide bonds. The highest BCUT2D eigenvalue weighted by Crippen LogP contribution is 2.38. The second-order valence-electron chi connectivity index (χ2n) is 9.59. The Bertz CT molecular complexity index is 1240. The van der Waals surface area contributed by atoms with E-state index in [0.29, 0.717) is 16.5 Å². The average molecular weight is 542 g/mol. The molecule has 0 saturated carbocycles. The van der Waals surface area contributed by atoms with Gasteiger partial charge in [0.15, 0.2) is 11.3 Å². The molecule has 0 radical (unpaired) electrons. The molecule has 3 aromatic rings. The Kier molecular flexibility index (Phi) is 9.78. The van der Waals surface area contributed by atoms with Gasteiger partial charge in [-0.25, -0.2) is 4.79 Å². The van der Waals surface area contributed by atoms with E-state index in [4.69, 9.17) is 4.74 Å². The number of ether oxygens (including phenoxy) is 1. The van der Waals surface area contributed by atoms with Crippen LogP contribution in [0.2, 0.25) is 0 Å². The van der Waals surface area contributed by atoms with Crippen LogP contribution in [-0.2, 0) is 33.8 Å². The van der Waals surface area contributed by atoms with Crippen LogP contribution < -0.4 is 10.0 Å². The molecule has 1 heterocycles. The van der Waals surface area contributed by atoms with Crippen molar-refractivity contribution in [3.05, 3.63) is 76.7 Å². The minimum Gasteiger partial charge on any atom is -0.755 e. The van der Waals surface area contributed by atoms with Crippen molar-refractivity contribution in [2.24, 2.45) is 11.8 Å². The number of thiophene rings is 1. The van der Waals surface area contributed by atoms with Gasteiger partial charge in [0.2, 0.25) is 0 Å². The van der Waals surface area contributed by atoms with E-state index in [1.807, 2.05) is 50.2 Å². The first-order chi connectivity index (χ1) is 17.6. The molecule has 3 rings (SSSR count). The van der Waals surface area contributed by atoms with Gasteiger partial charge in [0.25, 0.3) is 0 Å². The molecule has 37 heavy (non-hydrogen) atoms. The smallest absolute Gasteiger partial charge is 0.334 e. The number of nitrogens with one attached hydrogen (secondary N) is 2. The van der Waals surface area contributed by atoms with Gasteiger partial charge in [-0.3, -0.25) is 14.3 Å². The van der Waals surface area contributed by atoms with Gasteiger partial charge in [0, 0.05) is 33.8 Å². The number of esters is 1. The van der Waals surface area contributed by atoms with Gasteiger partial charge in [-0.15, -0.1) is 11.3 Å². The molecule has 0 aliphatic carbocycles. The summed E-state index contributed by atoms with van der Waals surface area (Å²) in [5.74, 6) is -0.909. The maximum Gasteiger partial charge on any atom is 0.334 e. The Labute approximate surface area is 225 Å². The highest BCUT2D eigenvalue weighted by atomic mass is 32.2. The van der Waals surface area contributed by atoms with Gasteiger partial charge in [-0.2, -0.15) is 0 Å². The second-order valence-corrected chi connectivity index (χ2v) is 11.4. The van der Waals surface area contributed by atoms with Crippen molar-refractivity contribution in [3.63, 3.8) is 0 Å². The molecule has 7 nitrogen and oxygen atoms in total. The third kappa shape index (κ3) is 6.73. The van der Waals surface area contributed by atoms with Crippen molar-refractivity contribution in [2.75, 3.05) is 11.8 Å². The van der Waals surface area contributed by atoms with Crippen molar-refractivity contribution >= 4 is 39.4 Å². The normalized spacial score (nSPS) is 13.8. The van der Waals surface area contributed by atoms with E-state index in [9.17, 15) is 18.4 Å². The molecule has 2 aromatic carbocycles. The van der Waals surface area contributed by atoms with Crippen LogP contribution in [-0.4, -0.2) is 33.2 Å². The topological polar surface area (TPSA) is 108 Å². The first kappa shape index (κ1) is 28.7. The summed E-state index contributed by atoms with van der Waals surface area (Å²) in [7, 11) is 1.28. The van der Waals surface area contributed by atoms with E-state index in [-0.39, 0.29) is 18.2 Å². The van der Waals surface area contributed by atoms with Crippen molar-refractivity contribution in [2.45, 2.75) is 46.2 Å². The highest BCUT2D eigenvalue weighted by Gasteiger charge is 2.49. The largest absolute Gasteiger partial charge is 0.755 e. The lowest BCUT2D eigenvalue weighted by atomic mass is 9.79. The number of carbonyl (C=O) groups excluding carboxylic acids is 2. The van der Waals surface area contributed by atoms with Crippen LogP contribution in [0, 0.1) is 11.8 Å². The van der Waals surface area contributed by atoms with E-state index < -0.39 is 22.8 Å². The van der Waals surface area contributed by atoms with Crippen LogP contribution in [0.1, 0.15) is 48.5 Å². The van der Waals surface area contributed by atoms with Gasteiger partial charge in [0.05, 0.1) is 7.11 Å². The van der Waals surface area contributed by atoms with E-state index in [1.54, 1.807) is 24.3 Å². The van der Waals surface area contributed by atoms with Gasteiger partial charge < -0.3 is 14.0 Å². The lowest BCUT2D eigenvalue weighted by Gasteiger charge is -2.34. The minimum atomic E-state index is -2.42. The Morgan fingerprint density at radius 2 is 1.70 bits per heavy atom. The summed E-state index contributed by atoms with van der Waals surface area (Å²) < 4.78 is 30.3. The molecule has 0 fully saturated rings. The van der Waals surface area contributed by atoms with Crippen LogP contribution >= 0.6 is 11.3 Å². The summed E-state index contributed by atoms with van der Waals surface area (Å²) in [5.41, 5.74) is 1.41. The molecular weight excluding hydrogens is 508 g/mol. The lowest BCUT2D eigenvalue weighted by molar-refractivity contribution is -0.148. The van der Waals surface area contributed by atoms with Crippen molar-refractivity contribution < 1.29 is 23.1 Å². The predicted octanol–water partition coefficient (Wildman–Crippen LogP) is 5.36. The summed E-state index contributed by atoms with van der Waals surface area (Å²) in [4.78, 5) is 27.6. The summed E-state index contributed by atoms with van der Waals surface area (Å²) in [6.45, 7) is 8.12. The van der Waals surface area contributed by atoms with Gasteiger partial charge >= 0.3 is 5.97 Å². The van der Waals surface area contributed by atoms with Crippen molar-refractivity contribution in [1.82, 2.24) is 5.32 Å². The van der Waals surface area contributed by atoms with Crippen LogP contribution in [0.4, 0.5) is 5.00 Å².